The molecule has 0 fully saturated rings. The molecule has 2 aromatic carbocycles. The van der Waals surface area contributed by atoms with Crippen molar-refractivity contribution in [1.82, 2.24) is 19.7 Å². The number of amides is 1. The zero-order chi connectivity index (χ0) is 22.5. The molecular weight excluding hydrogens is 450 g/mol. The third kappa shape index (κ3) is 4.72. The number of hydrogen-bond acceptors (Lipinski definition) is 6. The van der Waals surface area contributed by atoms with Crippen LogP contribution in [0.3, 0.4) is 0 Å². The third-order valence-corrected chi connectivity index (χ3v) is 6.72. The summed E-state index contributed by atoms with van der Waals surface area (Å²) in [7, 11) is 0. The van der Waals surface area contributed by atoms with E-state index < -0.39 is 0 Å². The number of rotatable bonds is 7. The van der Waals surface area contributed by atoms with E-state index in [2.05, 4.69) is 20.5 Å². The first-order valence-corrected chi connectivity index (χ1v) is 12.1. The van der Waals surface area contributed by atoms with E-state index in [0.717, 1.165) is 27.4 Å². The minimum atomic E-state index is -0.102. The van der Waals surface area contributed by atoms with Crippen molar-refractivity contribution < 1.29 is 4.79 Å². The summed E-state index contributed by atoms with van der Waals surface area (Å²) in [5.74, 6) is 0.784. The molecule has 162 valence electrons. The lowest BCUT2D eigenvalue weighted by molar-refractivity contribution is -0.113. The number of thioether (sulfide) groups is 1. The molecule has 8 heteroatoms. The number of carbonyl (C=O) groups excluding carboxylic acids is 1. The Morgan fingerprint density at radius 2 is 1.79 bits per heavy atom. The molecule has 0 aliphatic heterocycles. The number of anilines is 1. The van der Waals surface area contributed by atoms with E-state index in [9.17, 15) is 4.79 Å². The quantitative estimate of drug-likeness (QED) is 0.306. The molecule has 0 radical (unpaired) electrons. The second-order valence-electron chi connectivity index (χ2n) is 7.08. The molecule has 0 unspecified atom stereocenters. The topological polar surface area (TPSA) is 72.7 Å². The Kier molecular flexibility index (Phi) is 6.27. The average Bonchev–Trinajstić information content (AvgIpc) is 3.55. The number of pyridine rings is 1. The van der Waals surface area contributed by atoms with Gasteiger partial charge in [0.25, 0.3) is 0 Å². The highest BCUT2D eigenvalue weighted by Gasteiger charge is 2.18. The summed E-state index contributed by atoms with van der Waals surface area (Å²) in [6.45, 7) is 0. The largest absolute Gasteiger partial charge is 0.325 e. The zero-order valence-corrected chi connectivity index (χ0v) is 19.1. The molecule has 0 saturated heterocycles. The number of benzene rings is 2. The van der Waals surface area contributed by atoms with Crippen LogP contribution in [-0.4, -0.2) is 31.4 Å². The van der Waals surface area contributed by atoms with E-state index in [0.29, 0.717) is 11.0 Å². The number of nitrogens with zero attached hydrogens (tertiary/aromatic N) is 4. The monoisotopic (exact) mass is 469 g/mol. The lowest BCUT2D eigenvalue weighted by Crippen LogP contribution is -2.15. The van der Waals surface area contributed by atoms with E-state index in [1.54, 1.807) is 23.7 Å². The average molecular weight is 470 g/mol. The van der Waals surface area contributed by atoms with Gasteiger partial charge in [0, 0.05) is 39.8 Å². The van der Waals surface area contributed by atoms with E-state index >= 15 is 0 Å². The minimum absolute atomic E-state index is 0.102. The van der Waals surface area contributed by atoms with Crippen molar-refractivity contribution in [3.63, 3.8) is 0 Å². The van der Waals surface area contributed by atoms with Gasteiger partial charge in [-0.05, 0) is 41.8 Å². The van der Waals surface area contributed by atoms with Crippen LogP contribution < -0.4 is 5.32 Å². The molecule has 0 atom stereocenters. The van der Waals surface area contributed by atoms with Gasteiger partial charge in [0.2, 0.25) is 5.91 Å². The maximum absolute atomic E-state index is 12.8. The Balaban J connectivity index is 1.38. The van der Waals surface area contributed by atoms with Crippen molar-refractivity contribution in [3.8, 4) is 27.5 Å². The van der Waals surface area contributed by atoms with Crippen LogP contribution in [-0.2, 0) is 4.79 Å². The van der Waals surface area contributed by atoms with Crippen molar-refractivity contribution in [2.24, 2.45) is 0 Å². The number of aromatic nitrogens is 4. The highest BCUT2D eigenvalue weighted by atomic mass is 32.2. The SMILES string of the molecule is O=C(CSc1nnc(-c2cccnc2)n1-c1ccccc1)Nc1ccccc1-c1cccs1. The smallest absolute Gasteiger partial charge is 0.234 e. The van der Waals surface area contributed by atoms with Crippen LogP contribution >= 0.6 is 23.1 Å². The lowest BCUT2D eigenvalue weighted by Gasteiger charge is -2.11. The van der Waals surface area contributed by atoms with Crippen LogP contribution in [0.4, 0.5) is 5.69 Å². The van der Waals surface area contributed by atoms with Crippen molar-refractivity contribution in [2.75, 3.05) is 11.1 Å². The fourth-order valence-corrected chi connectivity index (χ4v) is 4.93. The van der Waals surface area contributed by atoms with Crippen LogP contribution in [0.5, 0.6) is 0 Å². The minimum Gasteiger partial charge on any atom is -0.325 e. The van der Waals surface area contributed by atoms with Gasteiger partial charge in [0.1, 0.15) is 0 Å². The molecule has 0 bridgehead atoms. The van der Waals surface area contributed by atoms with Crippen molar-refractivity contribution in [2.45, 2.75) is 5.16 Å². The molecule has 3 heterocycles. The first-order chi connectivity index (χ1) is 16.3. The Morgan fingerprint density at radius 3 is 2.58 bits per heavy atom. The van der Waals surface area contributed by atoms with E-state index in [1.165, 1.54) is 11.8 Å². The van der Waals surface area contributed by atoms with Crippen molar-refractivity contribution in [1.29, 1.82) is 0 Å². The summed E-state index contributed by atoms with van der Waals surface area (Å²) in [6.07, 6.45) is 3.48. The molecule has 0 aliphatic carbocycles. The van der Waals surface area contributed by atoms with Crippen LogP contribution in [0, 0.1) is 0 Å². The summed E-state index contributed by atoms with van der Waals surface area (Å²) in [4.78, 5) is 18.2. The summed E-state index contributed by atoms with van der Waals surface area (Å²) in [5, 5.41) is 14.5. The second-order valence-corrected chi connectivity index (χ2v) is 8.97. The second kappa shape index (κ2) is 9.81. The molecule has 0 saturated carbocycles. The van der Waals surface area contributed by atoms with Crippen LogP contribution in [0.25, 0.3) is 27.5 Å². The summed E-state index contributed by atoms with van der Waals surface area (Å²) in [5.41, 5.74) is 3.59. The third-order valence-electron chi connectivity index (χ3n) is 4.89. The highest BCUT2D eigenvalue weighted by Crippen LogP contribution is 2.32. The molecule has 33 heavy (non-hydrogen) atoms. The molecule has 5 rings (SSSR count). The van der Waals surface area contributed by atoms with Gasteiger partial charge >= 0.3 is 0 Å². The Morgan fingerprint density at radius 1 is 0.939 bits per heavy atom. The van der Waals surface area contributed by atoms with E-state index in [4.69, 9.17) is 0 Å². The normalized spacial score (nSPS) is 10.8. The Labute approximate surface area is 199 Å². The van der Waals surface area contributed by atoms with Crippen LogP contribution in [0.15, 0.2) is 102 Å². The van der Waals surface area contributed by atoms with Gasteiger partial charge in [-0.25, -0.2) is 0 Å². The first kappa shape index (κ1) is 21.1. The van der Waals surface area contributed by atoms with E-state index in [1.807, 2.05) is 88.8 Å². The molecule has 5 aromatic rings. The number of hydrogen-bond donors (Lipinski definition) is 1. The number of thiophene rings is 1. The Hall–Kier alpha value is -3.75. The molecule has 1 amide bonds. The predicted octanol–water partition coefficient (Wildman–Crippen LogP) is 5.79. The summed E-state index contributed by atoms with van der Waals surface area (Å²) < 4.78 is 1.95. The summed E-state index contributed by atoms with van der Waals surface area (Å²) in [6, 6.07) is 25.6. The van der Waals surface area contributed by atoms with Gasteiger partial charge in [-0.2, -0.15) is 0 Å². The van der Waals surface area contributed by atoms with Gasteiger partial charge in [-0.1, -0.05) is 54.2 Å². The highest BCUT2D eigenvalue weighted by molar-refractivity contribution is 7.99. The van der Waals surface area contributed by atoms with Gasteiger partial charge in [0.15, 0.2) is 11.0 Å². The zero-order valence-electron chi connectivity index (χ0n) is 17.5. The molecule has 1 N–H and O–H groups in total. The first-order valence-electron chi connectivity index (χ1n) is 10.3. The fourth-order valence-electron chi connectivity index (χ4n) is 3.41. The maximum Gasteiger partial charge on any atom is 0.234 e. The van der Waals surface area contributed by atoms with Gasteiger partial charge in [0.05, 0.1) is 5.75 Å². The number of nitrogens with one attached hydrogen (secondary N) is 1. The maximum atomic E-state index is 12.8. The number of carbonyl (C=O) groups is 1. The lowest BCUT2D eigenvalue weighted by atomic mass is 10.1. The van der Waals surface area contributed by atoms with Gasteiger partial charge in [-0.15, -0.1) is 21.5 Å². The number of para-hydroxylation sites is 2. The predicted molar refractivity (Wildman–Crippen MR) is 134 cm³/mol. The molecule has 0 spiro atoms. The molecular formula is C25H19N5OS2. The van der Waals surface area contributed by atoms with Crippen molar-refractivity contribution >= 4 is 34.7 Å². The van der Waals surface area contributed by atoms with Crippen LogP contribution in [0.1, 0.15) is 0 Å². The molecule has 0 aliphatic rings. The van der Waals surface area contributed by atoms with E-state index in [-0.39, 0.29) is 11.7 Å². The van der Waals surface area contributed by atoms with Crippen molar-refractivity contribution in [3.05, 3.63) is 96.6 Å². The Bertz CT molecular complexity index is 1350. The van der Waals surface area contributed by atoms with Gasteiger partial charge in [-0.3, -0.25) is 14.3 Å². The van der Waals surface area contributed by atoms with Gasteiger partial charge < -0.3 is 5.32 Å². The molecule has 3 aromatic heterocycles. The van der Waals surface area contributed by atoms with Crippen LogP contribution in [0.2, 0.25) is 0 Å². The summed E-state index contributed by atoms with van der Waals surface area (Å²) >= 11 is 2.99. The standard InChI is InChI=1S/C25H19N5OS2/c31-23(27-21-12-5-4-11-20(21)22-13-7-15-32-22)17-33-25-29-28-24(18-8-6-14-26-16-18)30(25)19-9-2-1-3-10-19/h1-16H,17H2,(H,27,31). The molecule has 6 nitrogen and oxygen atoms in total. The fraction of sp³-hybridized carbons (Fsp3) is 0.0400.